The maximum absolute atomic E-state index is 13.0. The number of para-hydroxylation sites is 1. The fourth-order valence-corrected chi connectivity index (χ4v) is 2.91. The van der Waals surface area contributed by atoms with Gasteiger partial charge < -0.3 is 5.32 Å². The van der Waals surface area contributed by atoms with Gasteiger partial charge in [-0.15, -0.1) is 0 Å². The molecule has 1 amide bonds. The van der Waals surface area contributed by atoms with Gasteiger partial charge in [-0.3, -0.25) is 4.79 Å². The summed E-state index contributed by atoms with van der Waals surface area (Å²) in [6, 6.07) is 9.30. The smallest absolute Gasteiger partial charge is 0.256 e. The molecule has 0 saturated heterocycles. The minimum absolute atomic E-state index is 0.0567. The number of primary sulfonamides is 1. The molecule has 2 aromatic rings. The summed E-state index contributed by atoms with van der Waals surface area (Å²) >= 11 is 3.08. The van der Waals surface area contributed by atoms with Crippen molar-refractivity contribution >= 4 is 37.5 Å². The first-order valence-electron chi connectivity index (χ1n) is 5.67. The predicted octanol–water partition coefficient (Wildman–Crippen LogP) is 2.49. The van der Waals surface area contributed by atoms with Gasteiger partial charge in [0.2, 0.25) is 10.0 Å². The van der Waals surface area contributed by atoms with Crippen molar-refractivity contribution in [3.05, 3.63) is 58.3 Å². The van der Waals surface area contributed by atoms with E-state index in [1.54, 1.807) is 6.07 Å². The summed E-state index contributed by atoms with van der Waals surface area (Å²) in [6.07, 6.45) is 0. The summed E-state index contributed by atoms with van der Waals surface area (Å²) in [4.78, 5) is 11.9. The minimum Gasteiger partial charge on any atom is -0.321 e. The normalized spacial score (nSPS) is 11.2. The van der Waals surface area contributed by atoms with E-state index in [1.165, 1.54) is 24.3 Å². The third kappa shape index (κ3) is 3.66. The van der Waals surface area contributed by atoms with Crippen LogP contribution in [0.4, 0.5) is 10.1 Å². The molecule has 3 N–H and O–H groups in total. The summed E-state index contributed by atoms with van der Waals surface area (Å²) < 4.78 is 36.2. The predicted molar refractivity (Wildman–Crippen MR) is 79.9 cm³/mol. The van der Waals surface area contributed by atoms with Gasteiger partial charge in [-0.1, -0.05) is 12.1 Å². The zero-order chi connectivity index (χ0) is 15.6. The van der Waals surface area contributed by atoms with E-state index in [-0.39, 0.29) is 20.6 Å². The van der Waals surface area contributed by atoms with Gasteiger partial charge in [0.1, 0.15) is 10.7 Å². The molecular formula is C13H10BrFN2O3S. The fourth-order valence-electron chi connectivity index (χ4n) is 1.68. The van der Waals surface area contributed by atoms with Crippen LogP contribution in [0, 0.1) is 5.82 Å². The molecule has 0 atom stereocenters. The maximum Gasteiger partial charge on any atom is 0.256 e. The van der Waals surface area contributed by atoms with Crippen LogP contribution in [0.2, 0.25) is 0 Å². The topological polar surface area (TPSA) is 89.3 Å². The molecule has 0 saturated carbocycles. The van der Waals surface area contributed by atoms with Crippen molar-refractivity contribution in [1.29, 1.82) is 0 Å². The van der Waals surface area contributed by atoms with Crippen molar-refractivity contribution < 1.29 is 17.6 Å². The summed E-state index contributed by atoms with van der Waals surface area (Å²) in [5, 5.41) is 7.53. The van der Waals surface area contributed by atoms with Gasteiger partial charge in [-0.25, -0.2) is 17.9 Å². The first-order valence-corrected chi connectivity index (χ1v) is 8.01. The number of carbonyl (C=O) groups excluding carboxylic acids is 1. The molecule has 0 spiro atoms. The summed E-state index contributed by atoms with van der Waals surface area (Å²) in [6.45, 7) is 0. The number of rotatable bonds is 3. The molecule has 0 unspecified atom stereocenters. The van der Waals surface area contributed by atoms with E-state index >= 15 is 0 Å². The monoisotopic (exact) mass is 372 g/mol. The number of sulfonamides is 1. The highest BCUT2D eigenvalue weighted by atomic mass is 79.9. The molecular weight excluding hydrogens is 363 g/mol. The highest BCUT2D eigenvalue weighted by molar-refractivity contribution is 9.10. The molecule has 0 aromatic heterocycles. The Hall–Kier alpha value is -1.77. The highest BCUT2D eigenvalue weighted by Gasteiger charge is 2.17. The average Bonchev–Trinajstić information content (AvgIpc) is 2.37. The Kier molecular flexibility index (Phi) is 4.40. The lowest BCUT2D eigenvalue weighted by Gasteiger charge is -2.10. The lowest BCUT2D eigenvalue weighted by Crippen LogP contribution is -2.18. The average molecular weight is 373 g/mol. The van der Waals surface area contributed by atoms with E-state index in [2.05, 4.69) is 21.2 Å². The lowest BCUT2D eigenvalue weighted by molar-refractivity contribution is 0.102. The van der Waals surface area contributed by atoms with E-state index in [4.69, 9.17) is 5.14 Å². The van der Waals surface area contributed by atoms with Crippen LogP contribution in [-0.2, 0) is 10.0 Å². The van der Waals surface area contributed by atoms with E-state index in [0.29, 0.717) is 0 Å². The Morgan fingerprint density at radius 2 is 1.86 bits per heavy atom. The number of carbonyl (C=O) groups is 1. The zero-order valence-corrected chi connectivity index (χ0v) is 12.9. The van der Waals surface area contributed by atoms with Gasteiger partial charge in [0.15, 0.2) is 0 Å². The Balaban J connectivity index is 2.37. The summed E-state index contributed by atoms with van der Waals surface area (Å²) in [7, 11) is -3.96. The van der Waals surface area contributed by atoms with Crippen molar-refractivity contribution in [3.8, 4) is 0 Å². The number of nitrogens with one attached hydrogen (secondary N) is 1. The van der Waals surface area contributed by atoms with Gasteiger partial charge in [0, 0.05) is 4.47 Å². The van der Waals surface area contributed by atoms with Crippen molar-refractivity contribution in [2.45, 2.75) is 4.90 Å². The second-order valence-electron chi connectivity index (χ2n) is 4.12. The van der Waals surface area contributed by atoms with Crippen LogP contribution in [0.15, 0.2) is 51.8 Å². The molecule has 5 nitrogen and oxygen atoms in total. The third-order valence-corrected chi connectivity index (χ3v) is 4.24. The Bertz CT molecular complexity index is 809. The van der Waals surface area contributed by atoms with E-state index < -0.39 is 21.7 Å². The zero-order valence-electron chi connectivity index (χ0n) is 10.5. The summed E-state index contributed by atoms with van der Waals surface area (Å²) in [5.74, 6) is -1.08. The number of amides is 1. The van der Waals surface area contributed by atoms with Crippen molar-refractivity contribution in [2.75, 3.05) is 5.32 Å². The molecule has 0 aliphatic heterocycles. The maximum atomic E-state index is 13.0. The number of anilines is 1. The Labute approximate surface area is 129 Å². The first kappa shape index (κ1) is 15.6. The van der Waals surface area contributed by atoms with Gasteiger partial charge in [-0.05, 0) is 46.3 Å². The molecule has 2 rings (SSSR count). The number of hydrogen-bond donors (Lipinski definition) is 2. The molecule has 0 fully saturated rings. The van der Waals surface area contributed by atoms with Gasteiger partial charge in [-0.2, -0.15) is 0 Å². The molecule has 0 aliphatic rings. The third-order valence-electron chi connectivity index (χ3n) is 2.62. The van der Waals surface area contributed by atoms with E-state index in [1.807, 2.05) is 0 Å². The number of benzene rings is 2. The van der Waals surface area contributed by atoms with Crippen LogP contribution >= 0.6 is 15.9 Å². The van der Waals surface area contributed by atoms with Crippen LogP contribution in [0.25, 0.3) is 0 Å². The number of hydrogen-bond acceptors (Lipinski definition) is 3. The molecule has 0 heterocycles. The molecule has 0 bridgehead atoms. The second-order valence-corrected chi connectivity index (χ2v) is 6.50. The number of halogens is 2. The van der Waals surface area contributed by atoms with Gasteiger partial charge in [0.05, 0.1) is 11.3 Å². The van der Waals surface area contributed by atoms with E-state index in [9.17, 15) is 17.6 Å². The molecule has 2 aromatic carbocycles. The van der Waals surface area contributed by atoms with Gasteiger partial charge >= 0.3 is 0 Å². The van der Waals surface area contributed by atoms with Crippen molar-refractivity contribution in [3.63, 3.8) is 0 Å². The molecule has 110 valence electrons. The SMILES string of the molecule is NS(=O)(=O)c1ccccc1NC(=O)c1ccc(F)cc1Br. The van der Waals surface area contributed by atoms with Crippen LogP contribution in [-0.4, -0.2) is 14.3 Å². The lowest BCUT2D eigenvalue weighted by atomic mass is 10.2. The molecule has 21 heavy (non-hydrogen) atoms. The van der Waals surface area contributed by atoms with Crippen LogP contribution < -0.4 is 10.5 Å². The van der Waals surface area contributed by atoms with Crippen LogP contribution in [0.3, 0.4) is 0 Å². The van der Waals surface area contributed by atoms with Crippen LogP contribution in [0.5, 0.6) is 0 Å². The van der Waals surface area contributed by atoms with E-state index in [0.717, 1.165) is 12.1 Å². The molecule has 8 heteroatoms. The first-order chi connectivity index (χ1) is 9.79. The Morgan fingerprint density at radius 3 is 2.48 bits per heavy atom. The minimum atomic E-state index is -3.96. The van der Waals surface area contributed by atoms with Crippen molar-refractivity contribution in [2.24, 2.45) is 5.14 Å². The standard InChI is InChI=1S/C13H10BrFN2O3S/c14-10-7-8(15)5-6-9(10)13(18)17-11-3-1-2-4-12(11)21(16,19)20/h1-7H,(H,17,18)(H2,16,19,20). The quantitative estimate of drug-likeness (QED) is 0.866. The summed E-state index contributed by atoms with van der Waals surface area (Å²) in [5.41, 5.74) is 0.224. The fraction of sp³-hybridized carbons (Fsp3) is 0. The van der Waals surface area contributed by atoms with Gasteiger partial charge in [0.25, 0.3) is 5.91 Å². The second kappa shape index (κ2) is 5.92. The Morgan fingerprint density at radius 1 is 1.19 bits per heavy atom. The largest absolute Gasteiger partial charge is 0.321 e. The molecule has 0 aliphatic carbocycles. The molecule has 0 radical (unpaired) electrons. The van der Waals surface area contributed by atoms with Crippen molar-refractivity contribution in [1.82, 2.24) is 0 Å². The van der Waals surface area contributed by atoms with Crippen LogP contribution in [0.1, 0.15) is 10.4 Å². The highest BCUT2D eigenvalue weighted by Crippen LogP contribution is 2.23. The number of nitrogens with two attached hydrogens (primary N) is 1.